The molecular formula is C21H26N4O3. The summed E-state index contributed by atoms with van der Waals surface area (Å²) in [6.45, 7) is 3.81. The van der Waals surface area contributed by atoms with Crippen LogP contribution in [0.2, 0.25) is 0 Å². The normalized spacial score (nSPS) is 17.7. The molecule has 2 aliphatic heterocycles. The van der Waals surface area contributed by atoms with Crippen molar-refractivity contribution in [3.05, 3.63) is 48.0 Å². The minimum atomic E-state index is -0.0479. The fourth-order valence-electron chi connectivity index (χ4n) is 3.94. The van der Waals surface area contributed by atoms with Crippen molar-refractivity contribution < 1.29 is 14.0 Å². The molecule has 1 N–H and O–H groups in total. The van der Waals surface area contributed by atoms with E-state index in [1.165, 1.54) is 25.4 Å². The van der Waals surface area contributed by atoms with E-state index in [0.717, 1.165) is 24.5 Å². The number of rotatable bonds is 5. The second-order valence-electron chi connectivity index (χ2n) is 7.51. The highest BCUT2D eigenvalue weighted by molar-refractivity contribution is 5.94. The van der Waals surface area contributed by atoms with Crippen LogP contribution in [0.4, 0.5) is 5.82 Å². The van der Waals surface area contributed by atoms with Gasteiger partial charge in [-0.05, 0) is 49.4 Å². The van der Waals surface area contributed by atoms with Gasteiger partial charge >= 0.3 is 0 Å². The number of furan rings is 1. The fourth-order valence-corrected chi connectivity index (χ4v) is 3.94. The predicted octanol–water partition coefficient (Wildman–Crippen LogP) is 2.44. The van der Waals surface area contributed by atoms with Gasteiger partial charge in [-0.3, -0.25) is 9.59 Å². The van der Waals surface area contributed by atoms with Gasteiger partial charge in [-0.15, -0.1) is 0 Å². The number of carbonyl (C=O) groups is 2. The van der Waals surface area contributed by atoms with Gasteiger partial charge in [0.25, 0.3) is 5.91 Å². The molecule has 0 aromatic carbocycles. The number of likely N-dealkylation sites (tertiary alicyclic amines) is 1. The van der Waals surface area contributed by atoms with E-state index in [9.17, 15) is 9.59 Å². The average molecular weight is 382 g/mol. The van der Waals surface area contributed by atoms with Crippen LogP contribution >= 0.6 is 0 Å². The quantitative estimate of drug-likeness (QED) is 0.859. The standard InChI is InChI=1S/C21H26N4O3/c26-20(17-4-10-25(11-5-17)21(27)18-6-12-28-15-18)23-14-16-3-7-22-19(13-16)24-8-1-2-9-24/h3,6-7,12-13,15,17H,1-2,4-5,8-11,14H2,(H,23,26). The van der Waals surface area contributed by atoms with Gasteiger partial charge in [-0.2, -0.15) is 0 Å². The molecular weight excluding hydrogens is 356 g/mol. The first-order valence-electron chi connectivity index (χ1n) is 10.00. The van der Waals surface area contributed by atoms with Crippen molar-refractivity contribution in [1.82, 2.24) is 15.2 Å². The molecule has 7 nitrogen and oxygen atoms in total. The lowest BCUT2D eigenvalue weighted by Gasteiger charge is -2.31. The molecule has 7 heteroatoms. The molecule has 0 bridgehead atoms. The highest BCUT2D eigenvalue weighted by Gasteiger charge is 2.28. The van der Waals surface area contributed by atoms with Crippen molar-refractivity contribution in [3.8, 4) is 0 Å². The van der Waals surface area contributed by atoms with Gasteiger partial charge in [-0.25, -0.2) is 4.98 Å². The molecule has 4 heterocycles. The number of anilines is 1. The Morgan fingerprint density at radius 3 is 2.64 bits per heavy atom. The highest BCUT2D eigenvalue weighted by Crippen LogP contribution is 2.21. The molecule has 2 aliphatic rings. The molecule has 2 aromatic rings. The van der Waals surface area contributed by atoms with E-state index in [1.54, 1.807) is 11.0 Å². The average Bonchev–Trinajstić information content (AvgIpc) is 3.46. The summed E-state index contributed by atoms with van der Waals surface area (Å²) >= 11 is 0. The Hall–Kier alpha value is -2.83. The summed E-state index contributed by atoms with van der Waals surface area (Å²) in [4.78, 5) is 33.4. The number of carbonyl (C=O) groups excluding carboxylic acids is 2. The smallest absolute Gasteiger partial charge is 0.257 e. The van der Waals surface area contributed by atoms with Crippen LogP contribution in [0.15, 0.2) is 41.3 Å². The van der Waals surface area contributed by atoms with Crippen LogP contribution in [0.25, 0.3) is 0 Å². The third-order valence-corrected chi connectivity index (χ3v) is 5.63. The van der Waals surface area contributed by atoms with Crippen molar-refractivity contribution in [1.29, 1.82) is 0 Å². The summed E-state index contributed by atoms with van der Waals surface area (Å²) in [6.07, 6.45) is 8.58. The van der Waals surface area contributed by atoms with E-state index in [1.807, 2.05) is 12.3 Å². The maximum absolute atomic E-state index is 12.6. The van der Waals surface area contributed by atoms with E-state index >= 15 is 0 Å². The number of nitrogens with zero attached hydrogens (tertiary/aromatic N) is 3. The van der Waals surface area contributed by atoms with Gasteiger partial charge in [0.1, 0.15) is 12.1 Å². The summed E-state index contributed by atoms with van der Waals surface area (Å²) in [6, 6.07) is 5.69. The number of piperidine rings is 1. The maximum atomic E-state index is 12.6. The third-order valence-electron chi connectivity index (χ3n) is 5.63. The summed E-state index contributed by atoms with van der Waals surface area (Å²) in [5, 5.41) is 3.05. The Kier molecular flexibility index (Phi) is 5.60. The van der Waals surface area contributed by atoms with Gasteiger partial charge in [-0.1, -0.05) is 0 Å². The van der Waals surface area contributed by atoms with Crippen LogP contribution in [-0.4, -0.2) is 47.9 Å². The SMILES string of the molecule is O=C(NCc1ccnc(N2CCCC2)c1)C1CCN(C(=O)c2ccoc2)CC1. The van der Waals surface area contributed by atoms with E-state index < -0.39 is 0 Å². The fraction of sp³-hybridized carbons (Fsp3) is 0.476. The molecule has 0 saturated carbocycles. The van der Waals surface area contributed by atoms with Gasteiger partial charge < -0.3 is 19.5 Å². The molecule has 148 valence electrons. The van der Waals surface area contributed by atoms with Crippen LogP contribution in [-0.2, 0) is 11.3 Å². The minimum absolute atomic E-state index is 0.0289. The Morgan fingerprint density at radius 1 is 1.14 bits per heavy atom. The van der Waals surface area contributed by atoms with Gasteiger partial charge in [0.15, 0.2) is 0 Å². The molecule has 28 heavy (non-hydrogen) atoms. The second kappa shape index (κ2) is 8.46. The number of hydrogen-bond donors (Lipinski definition) is 1. The molecule has 2 fully saturated rings. The predicted molar refractivity (Wildman–Crippen MR) is 105 cm³/mol. The highest BCUT2D eigenvalue weighted by atomic mass is 16.3. The zero-order valence-electron chi connectivity index (χ0n) is 16.0. The zero-order valence-corrected chi connectivity index (χ0v) is 16.0. The van der Waals surface area contributed by atoms with Crippen LogP contribution in [0.5, 0.6) is 0 Å². The number of hydrogen-bond acceptors (Lipinski definition) is 5. The first-order chi connectivity index (χ1) is 13.7. The Balaban J connectivity index is 1.26. The van der Waals surface area contributed by atoms with E-state index in [2.05, 4.69) is 21.3 Å². The number of pyridine rings is 1. The molecule has 0 atom stereocenters. The van der Waals surface area contributed by atoms with Crippen LogP contribution < -0.4 is 10.2 Å². The summed E-state index contributed by atoms with van der Waals surface area (Å²) in [7, 11) is 0. The molecule has 2 saturated heterocycles. The van der Waals surface area contributed by atoms with Crippen molar-refractivity contribution in [2.24, 2.45) is 5.92 Å². The van der Waals surface area contributed by atoms with Crippen molar-refractivity contribution >= 4 is 17.6 Å². The van der Waals surface area contributed by atoms with Gasteiger partial charge in [0.2, 0.25) is 5.91 Å². The molecule has 0 spiro atoms. The molecule has 4 rings (SSSR count). The molecule has 0 radical (unpaired) electrons. The van der Waals surface area contributed by atoms with Gasteiger partial charge in [0.05, 0.1) is 11.8 Å². The number of amides is 2. The minimum Gasteiger partial charge on any atom is -0.472 e. The van der Waals surface area contributed by atoms with Crippen LogP contribution in [0, 0.1) is 5.92 Å². The molecule has 2 aromatic heterocycles. The topological polar surface area (TPSA) is 78.7 Å². The van der Waals surface area contributed by atoms with Crippen molar-refractivity contribution in [2.45, 2.75) is 32.2 Å². The summed E-state index contributed by atoms with van der Waals surface area (Å²) in [5.74, 6) is 0.984. The Labute approximate surface area is 164 Å². The first kappa shape index (κ1) is 18.5. The monoisotopic (exact) mass is 382 g/mol. The lowest BCUT2D eigenvalue weighted by Crippen LogP contribution is -2.42. The Morgan fingerprint density at radius 2 is 1.93 bits per heavy atom. The summed E-state index contributed by atoms with van der Waals surface area (Å²) < 4.78 is 4.98. The maximum Gasteiger partial charge on any atom is 0.257 e. The number of aromatic nitrogens is 1. The third kappa shape index (κ3) is 4.18. The lowest BCUT2D eigenvalue weighted by molar-refractivity contribution is -0.126. The van der Waals surface area contributed by atoms with Crippen LogP contribution in [0.3, 0.4) is 0 Å². The van der Waals surface area contributed by atoms with E-state index in [-0.39, 0.29) is 17.7 Å². The zero-order chi connectivity index (χ0) is 19.3. The number of nitrogens with one attached hydrogen (secondary N) is 1. The Bertz CT molecular complexity index is 807. The van der Waals surface area contributed by atoms with Crippen molar-refractivity contribution in [2.75, 3.05) is 31.1 Å². The molecule has 0 unspecified atom stereocenters. The largest absolute Gasteiger partial charge is 0.472 e. The van der Waals surface area contributed by atoms with E-state index in [0.29, 0.717) is 38.0 Å². The molecule has 2 amide bonds. The molecule has 0 aliphatic carbocycles. The van der Waals surface area contributed by atoms with Gasteiger partial charge in [0, 0.05) is 44.8 Å². The lowest BCUT2D eigenvalue weighted by atomic mass is 9.95. The first-order valence-corrected chi connectivity index (χ1v) is 10.00. The van der Waals surface area contributed by atoms with E-state index in [4.69, 9.17) is 4.42 Å². The summed E-state index contributed by atoms with van der Waals surface area (Å²) in [5.41, 5.74) is 1.63. The van der Waals surface area contributed by atoms with Crippen molar-refractivity contribution in [3.63, 3.8) is 0 Å². The van der Waals surface area contributed by atoms with Crippen LogP contribution in [0.1, 0.15) is 41.6 Å². The second-order valence-corrected chi connectivity index (χ2v) is 7.51.